The standard InChI is InChI=1S/C26H29ClF3N3O2/c1-24(2,3)13-19-25(17-10-9-16(27)12-18(17)31-23(25)35)20(21(32-19)22(34)33(4)5)14-7-6-8-15(11-14)26(28,29)30/h6-12,19-21,32H,13H2,1-5H3,(H,31,35). The Balaban J connectivity index is 2.02. The van der Waals surface area contributed by atoms with E-state index in [0.29, 0.717) is 22.7 Å². The molecule has 9 heteroatoms. The number of fused-ring (bicyclic) bond motifs is 2. The van der Waals surface area contributed by atoms with Crippen LogP contribution in [0.25, 0.3) is 0 Å². The summed E-state index contributed by atoms with van der Waals surface area (Å²) in [7, 11) is 3.19. The molecule has 2 heterocycles. The molecule has 4 rings (SSSR count). The van der Waals surface area contributed by atoms with Crippen molar-refractivity contribution in [2.75, 3.05) is 19.4 Å². The van der Waals surface area contributed by atoms with Gasteiger partial charge < -0.3 is 15.5 Å². The van der Waals surface area contributed by atoms with Crippen LogP contribution in [0.15, 0.2) is 42.5 Å². The summed E-state index contributed by atoms with van der Waals surface area (Å²) in [6, 6.07) is 8.59. The third kappa shape index (κ3) is 4.31. The molecule has 1 fully saturated rings. The highest BCUT2D eigenvalue weighted by atomic mass is 35.5. The molecular formula is C26H29ClF3N3O2. The summed E-state index contributed by atoms with van der Waals surface area (Å²) in [5.41, 5.74) is -0.956. The van der Waals surface area contributed by atoms with Gasteiger partial charge in [-0.1, -0.05) is 56.6 Å². The van der Waals surface area contributed by atoms with Crippen LogP contribution in [0.2, 0.25) is 5.02 Å². The lowest BCUT2D eigenvalue weighted by Gasteiger charge is -2.38. The molecule has 0 radical (unpaired) electrons. The van der Waals surface area contributed by atoms with Gasteiger partial charge in [-0.05, 0) is 41.2 Å². The molecule has 0 aromatic heterocycles. The predicted octanol–water partition coefficient (Wildman–Crippen LogP) is 5.20. The van der Waals surface area contributed by atoms with Crippen LogP contribution in [0, 0.1) is 5.41 Å². The van der Waals surface area contributed by atoms with Gasteiger partial charge in [0.1, 0.15) is 5.41 Å². The van der Waals surface area contributed by atoms with Gasteiger partial charge in [-0.25, -0.2) is 0 Å². The predicted molar refractivity (Wildman–Crippen MR) is 129 cm³/mol. The molecule has 2 aliphatic rings. The lowest BCUT2D eigenvalue weighted by molar-refractivity contribution is -0.137. The molecule has 2 aromatic rings. The van der Waals surface area contributed by atoms with Gasteiger partial charge in [-0.15, -0.1) is 0 Å². The first-order valence-electron chi connectivity index (χ1n) is 11.4. The number of halogens is 4. The number of nitrogens with one attached hydrogen (secondary N) is 2. The largest absolute Gasteiger partial charge is 0.416 e. The average Bonchev–Trinajstić information content (AvgIpc) is 3.21. The maximum absolute atomic E-state index is 13.9. The number of nitrogens with zero attached hydrogens (tertiary/aromatic N) is 1. The van der Waals surface area contributed by atoms with Crippen molar-refractivity contribution in [1.29, 1.82) is 0 Å². The number of carbonyl (C=O) groups excluding carboxylic acids is 2. The topological polar surface area (TPSA) is 61.4 Å². The number of hydrogen-bond acceptors (Lipinski definition) is 3. The molecule has 1 saturated heterocycles. The zero-order valence-corrected chi connectivity index (χ0v) is 21.0. The number of hydrogen-bond donors (Lipinski definition) is 2. The maximum Gasteiger partial charge on any atom is 0.416 e. The van der Waals surface area contributed by atoms with Crippen LogP contribution < -0.4 is 10.6 Å². The van der Waals surface area contributed by atoms with Crippen LogP contribution in [-0.2, 0) is 21.2 Å². The number of rotatable bonds is 3. The van der Waals surface area contributed by atoms with E-state index in [1.807, 2.05) is 20.8 Å². The molecule has 188 valence electrons. The summed E-state index contributed by atoms with van der Waals surface area (Å²) in [4.78, 5) is 28.8. The van der Waals surface area contributed by atoms with E-state index in [4.69, 9.17) is 11.6 Å². The van der Waals surface area contributed by atoms with Gasteiger partial charge in [-0.2, -0.15) is 13.2 Å². The van der Waals surface area contributed by atoms with Crippen molar-refractivity contribution in [3.63, 3.8) is 0 Å². The minimum atomic E-state index is -4.57. The van der Waals surface area contributed by atoms with E-state index in [1.54, 1.807) is 38.4 Å². The molecule has 4 unspecified atom stereocenters. The van der Waals surface area contributed by atoms with Crippen LogP contribution in [0.5, 0.6) is 0 Å². The van der Waals surface area contributed by atoms with Crippen molar-refractivity contribution in [1.82, 2.24) is 10.2 Å². The Morgan fingerprint density at radius 1 is 1.11 bits per heavy atom. The lowest BCUT2D eigenvalue weighted by Crippen LogP contribution is -2.49. The highest BCUT2D eigenvalue weighted by Crippen LogP contribution is 2.57. The second-order valence-corrected chi connectivity index (χ2v) is 11.2. The van der Waals surface area contributed by atoms with Crippen LogP contribution in [0.3, 0.4) is 0 Å². The third-order valence-electron chi connectivity index (χ3n) is 6.90. The highest BCUT2D eigenvalue weighted by Gasteiger charge is 2.65. The van der Waals surface area contributed by atoms with Crippen molar-refractivity contribution >= 4 is 29.1 Å². The smallest absolute Gasteiger partial charge is 0.347 e. The Labute approximate surface area is 208 Å². The first-order chi connectivity index (χ1) is 16.2. The third-order valence-corrected chi connectivity index (χ3v) is 7.14. The molecule has 0 saturated carbocycles. The number of carbonyl (C=O) groups is 2. The molecule has 2 amide bonds. The average molecular weight is 508 g/mol. The zero-order valence-electron chi connectivity index (χ0n) is 20.3. The van der Waals surface area contributed by atoms with Gasteiger partial charge in [0.15, 0.2) is 0 Å². The fraction of sp³-hybridized carbons (Fsp3) is 0.462. The number of amides is 2. The number of benzene rings is 2. The first kappa shape index (κ1) is 25.5. The van der Waals surface area contributed by atoms with Crippen LogP contribution >= 0.6 is 11.6 Å². The van der Waals surface area contributed by atoms with E-state index < -0.39 is 35.2 Å². The van der Waals surface area contributed by atoms with E-state index >= 15 is 0 Å². The molecule has 2 aromatic carbocycles. The molecular weight excluding hydrogens is 479 g/mol. The normalized spacial score (nSPS) is 26.1. The van der Waals surface area contributed by atoms with Gasteiger partial charge in [-0.3, -0.25) is 9.59 Å². The molecule has 1 spiro atoms. The second-order valence-electron chi connectivity index (χ2n) is 10.8. The van der Waals surface area contributed by atoms with Crippen molar-refractivity contribution < 1.29 is 22.8 Å². The Morgan fingerprint density at radius 3 is 2.40 bits per heavy atom. The van der Waals surface area contributed by atoms with Crippen molar-refractivity contribution in [3.05, 3.63) is 64.2 Å². The van der Waals surface area contributed by atoms with Crippen LogP contribution in [-0.4, -0.2) is 42.9 Å². The Kier molecular flexibility index (Phi) is 6.21. The highest BCUT2D eigenvalue weighted by molar-refractivity contribution is 6.31. The molecule has 0 bridgehead atoms. The monoisotopic (exact) mass is 507 g/mol. The summed E-state index contributed by atoms with van der Waals surface area (Å²) in [5, 5.41) is 6.72. The van der Waals surface area contributed by atoms with Crippen molar-refractivity contribution in [2.45, 2.75) is 56.8 Å². The van der Waals surface area contributed by atoms with Crippen molar-refractivity contribution in [2.24, 2.45) is 5.41 Å². The fourth-order valence-electron chi connectivity index (χ4n) is 5.60. The van der Waals surface area contributed by atoms with Gasteiger partial charge in [0, 0.05) is 36.8 Å². The minimum Gasteiger partial charge on any atom is -0.347 e. The summed E-state index contributed by atoms with van der Waals surface area (Å²) in [6.07, 6.45) is -4.06. The summed E-state index contributed by atoms with van der Waals surface area (Å²) < 4.78 is 41.0. The summed E-state index contributed by atoms with van der Waals surface area (Å²) in [6.45, 7) is 6.08. The lowest BCUT2D eigenvalue weighted by atomic mass is 9.62. The van der Waals surface area contributed by atoms with Gasteiger partial charge >= 0.3 is 6.18 Å². The van der Waals surface area contributed by atoms with Gasteiger partial charge in [0.2, 0.25) is 11.8 Å². The van der Waals surface area contributed by atoms with Gasteiger partial charge in [0.25, 0.3) is 0 Å². The molecule has 2 N–H and O–H groups in total. The Bertz CT molecular complexity index is 1180. The summed E-state index contributed by atoms with van der Waals surface area (Å²) >= 11 is 6.20. The van der Waals surface area contributed by atoms with Gasteiger partial charge in [0.05, 0.1) is 11.6 Å². The van der Waals surface area contributed by atoms with Crippen molar-refractivity contribution in [3.8, 4) is 0 Å². The van der Waals surface area contributed by atoms with E-state index in [0.717, 1.165) is 12.1 Å². The molecule has 2 aliphatic heterocycles. The number of likely N-dealkylation sites (N-methyl/N-ethyl adjacent to an activating group) is 1. The van der Waals surface area contributed by atoms with E-state index in [1.165, 1.54) is 11.0 Å². The molecule has 35 heavy (non-hydrogen) atoms. The second kappa shape index (κ2) is 8.52. The maximum atomic E-state index is 13.9. The quantitative estimate of drug-likeness (QED) is 0.600. The Hall–Kier alpha value is -2.58. The molecule has 5 nitrogen and oxygen atoms in total. The van der Waals surface area contributed by atoms with Crippen LogP contribution in [0.1, 0.15) is 49.8 Å². The van der Waals surface area contributed by atoms with E-state index in [2.05, 4.69) is 10.6 Å². The Morgan fingerprint density at radius 2 is 1.80 bits per heavy atom. The SMILES string of the molecule is CN(C)C(=O)C1NC(CC(C)(C)C)C2(C(=O)Nc3cc(Cl)ccc32)C1c1cccc(C(F)(F)F)c1. The number of anilines is 1. The fourth-order valence-corrected chi connectivity index (χ4v) is 5.77. The minimum absolute atomic E-state index is 0.242. The summed E-state index contributed by atoms with van der Waals surface area (Å²) in [5.74, 6) is -1.54. The number of alkyl halides is 3. The zero-order chi connectivity index (χ0) is 25.9. The molecule has 0 aliphatic carbocycles. The van der Waals surface area contributed by atoms with Crippen LogP contribution in [0.4, 0.5) is 18.9 Å². The molecule has 4 atom stereocenters. The first-order valence-corrected chi connectivity index (χ1v) is 11.8. The van der Waals surface area contributed by atoms with E-state index in [-0.39, 0.29) is 22.8 Å². The van der Waals surface area contributed by atoms with E-state index in [9.17, 15) is 22.8 Å².